The number of carboxylic acid groups (broad SMARTS) is 1. The highest BCUT2D eigenvalue weighted by Crippen LogP contribution is 2.16. The van der Waals surface area contributed by atoms with Gasteiger partial charge in [-0.05, 0) is 25.7 Å². The van der Waals surface area contributed by atoms with Crippen LogP contribution >= 0.6 is 0 Å². The minimum atomic E-state index is -0.735. The molecule has 0 aromatic carbocycles. The summed E-state index contributed by atoms with van der Waals surface area (Å²) in [4.78, 5) is 12.8. The number of nitrogens with zero attached hydrogens (tertiary/aromatic N) is 1. The smallest absolute Gasteiger partial charge is 0.320 e. The quantitative estimate of drug-likeness (QED) is 0.778. The van der Waals surface area contributed by atoms with Gasteiger partial charge in [0.2, 0.25) is 0 Å². The predicted octanol–water partition coefficient (Wildman–Crippen LogP) is 1.60. The van der Waals surface area contributed by atoms with Gasteiger partial charge in [-0.2, -0.15) is 0 Å². The highest BCUT2D eigenvalue weighted by Gasteiger charge is 2.26. The van der Waals surface area contributed by atoms with E-state index >= 15 is 0 Å². The number of aliphatic carboxylic acids is 1. The lowest BCUT2D eigenvalue weighted by atomic mass is 10.1. The zero-order valence-electron chi connectivity index (χ0n) is 10.5. The molecule has 0 amide bonds. The predicted molar refractivity (Wildman–Crippen MR) is 62.5 cm³/mol. The van der Waals surface area contributed by atoms with Gasteiger partial charge in [0.15, 0.2) is 0 Å². The minimum Gasteiger partial charge on any atom is -0.480 e. The molecule has 0 bridgehead atoms. The minimum absolute atomic E-state index is 0.319. The van der Waals surface area contributed by atoms with Gasteiger partial charge in [-0.1, -0.05) is 13.8 Å². The first kappa shape index (κ1) is 13.5. The molecule has 16 heavy (non-hydrogen) atoms. The standard InChI is InChI=1S/C12H23NO3/c1-9(2)8-16-11-4-6-13(7-5-11)10(3)12(14)15/h9-11H,4-8H2,1-3H3,(H,14,15). The van der Waals surface area contributed by atoms with Gasteiger partial charge in [0.25, 0.3) is 0 Å². The van der Waals surface area contributed by atoms with Crippen molar-refractivity contribution in [2.75, 3.05) is 19.7 Å². The molecule has 1 fully saturated rings. The van der Waals surface area contributed by atoms with Crippen LogP contribution in [0, 0.1) is 5.92 Å². The number of hydrogen-bond acceptors (Lipinski definition) is 3. The van der Waals surface area contributed by atoms with Crippen LogP contribution in [-0.4, -0.2) is 47.8 Å². The van der Waals surface area contributed by atoms with Crippen molar-refractivity contribution in [3.8, 4) is 0 Å². The van der Waals surface area contributed by atoms with Gasteiger partial charge in [-0.15, -0.1) is 0 Å². The molecular formula is C12H23NO3. The molecule has 4 nitrogen and oxygen atoms in total. The molecule has 0 radical (unpaired) electrons. The molecule has 0 aliphatic carbocycles. The Labute approximate surface area is 97.6 Å². The van der Waals surface area contributed by atoms with Gasteiger partial charge in [-0.25, -0.2) is 0 Å². The summed E-state index contributed by atoms with van der Waals surface area (Å²) in [6, 6.07) is -0.369. The van der Waals surface area contributed by atoms with Crippen molar-refractivity contribution >= 4 is 5.97 Å². The van der Waals surface area contributed by atoms with E-state index in [1.807, 2.05) is 4.90 Å². The Kier molecular flexibility index (Phi) is 5.22. The molecule has 1 unspecified atom stereocenters. The van der Waals surface area contributed by atoms with Gasteiger partial charge in [0.05, 0.1) is 6.10 Å². The molecule has 1 aliphatic rings. The maximum absolute atomic E-state index is 10.8. The second kappa shape index (κ2) is 6.21. The van der Waals surface area contributed by atoms with Gasteiger partial charge < -0.3 is 9.84 Å². The fourth-order valence-corrected chi connectivity index (χ4v) is 1.91. The van der Waals surface area contributed by atoms with E-state index in [0.29, 0.717) is 12.0 Å². The monoisotopic (exact) mass is 229 g/mol. The topological polar surface area (TPSA) is 49.8 Å². The average Bonchev–Trinajstić information content (AvgIpc) is 2.26. The number of rotatable bonds is 5. The van der Waals surface area contributed by atoms with Crippen LogP contribution in [0.4, 0.5) is 0 Å². The van der Waals surface area contributed by atoms with E-state index < -0.39 is 5.97 Å². The lowest BCUT2D eigenvalue weighted by Gasteiger charge is -2.34. The van der Waals surface area contributed by atoms with E-state index in [1.165, 1.54) is 0 Å². The number of hydrogen-bond donors (Lipinski definition) is 1. The third-order valence-corrected chi connectivity index (χ3v) is 3.05. The summed E-state index contributed by atoms with van der Waals surface area (Å²) < 4.78 is 5.76. The van der Waals surface area contributed by atoms with Crippen molar-refractivity contribution in [1.82, 2.24) is 4.90 Å². The molecular weight excluding hydrogens is 206 g/mol. The molecule has 1 heterocycles. The summed E-state index contributed by atoms with van der Waals surface area (Å²) in [6.45, 7) is 8.49. The molecule has 4 heteroatoms. The molecule has 1 saturated heterocycles. The Bertz CT molecular complexity index is 222. The van der Waals surface area contributed by atoms with E-state index in [4.69, 9.17) is 9.84 Å². The molecule has 0 spiro atoms. The first-order valence-corrected chi connectivity index (χ1v) is 6.09. The molecule has 1 rings (SSSR count). The summed E-state index contributed by atoms with van der Waals surface area (Å²) >= 11 is 0. The lowest BCUT2D eigenvalue weighted by molar-refractivity contribution is -0.143. The van der Waals surface area contributed by atoms with Gasteiger partial charge in [0.1, 0.15) is 6.04 Å². The summed E-state index contributed by atoms with van der Waals surface area (Å²) in [6.07, 6.45) is 2.22. The lowest BCUT2D eigenvalue weighted by Crippen LogP contribution is -2.45. The fraction of sp³-hybridized carbons (Fsp3) is 0.917. The highest BCUT2D eigenvalue weighted by molar-refractivity contribution is 5.72. The van der Waals surface area contributed by atoms with Crippen LogP contribution in [0.3, 0.4) is 0 Å². The number of carbonyl (C=O) groups is 1. The Hall–Kier alpha value is -0.610. The Morgan fingerprint density at radius 3 is 2.38 bits per heavy atom. The zero-order chi connectivity index (χ0) is 12.1. The molecule has 1 atom stereocenters. The van der Waals surface area contributed by atoms with Gasteiger partial charge in [-0.3, -0.25) is 9.69 Å². The maximum Gasteiger partial charge on any atom is 0.320 e. The largest absolute Gasteiger partial charge is 0.480 e. The Morgan fingerprint density at radius 2 is 1.94 bits per heavy atom. The molecule has 0 saturated carbocycles. The average molecular weight is 229 g/mol. The van der Waals surface area contributed by atoms with E-state index in [-0.39, 0.29) is 6.04 Å². The molecule has 0 aromatic heterocycles. The maximum atomic E-state index is 10.8. The van der Waals surface area contributed by atoms with Crippen LogP contribution in [0.5, 0.6) is 0 Å². The van der Waals surface area contributed by atoms with E-state index in [2.05, 4.69) is 13.8 Å². The highest BCUT2D eigenvalue weighted by atomic mass is 16.5. The van der Waals surface area contributed by atoms with Crippen molar-refractivity contribution in [2.45, 2.75) is 45.8 Å². The van der Waals surface area contributed by atoms with Crippen LogP contribution in [-0.2, 0) is 9.53 Å². The van der Waals surface area contributed by atoms with Crippen molar-refractivity contribution < 1.29 is 14.6 Å². The molecule has 1 N–H and O–H groups in total. The van der Waals surface area contributed by atoms with Crippen molar-refractivity contribution in [3.05, 3.63) is 0 Å². The first-order chi connectivity index (χ1) is 7.50. The first-order valence-electron chi connectivity index (χ1n) is 6.09. The van der Waals surface area contributed by atoms with Gasteiger partial charge in [0, 0.05) is 19.7 Å². The molecule has 94 valence electrons. The second-order valence-corrected chi connectivity index (χ2v) is 4.98. The number of ether oxygens (including phenoxy) is 1. The van der Waals surface area contributed by atoms with Crippen LogP contribution in [0.25, 0.3) is 0 Å². The van der Waals surface area contributed by atoms with Crippen LogP contribution in [0.2, 0.25) is 0 Å². The Balaban J connectivity index is 2.25. The Morgan fingerprint density at radius 1 is 1.38 bits per heavy atom. The zero-order valence-corrected chi connectivity index (χ0v) is 10.5. The summed E-state index contributed by atoms with van der Waals surface area (Å²) in [5.41, 5.74) is 0. The summed E-state index contributed by atoms with van der Waals surface area (Å²) in [5, 5.41) is 8.90. The SMILES string of the molecule is CC(C)COC1CCN(C(C)C(=O)O)CC1. The second-order valence-electron chi connectivity index (χ2n) is 4.98. The van der Waals surface area contributed by atoms with E-state index in [1.54, 1.807) is 6.92 Å². The number of carboxylic acids is 1. The van der Waals surface area contributed by atoms with Crippen LogP contribution in [0.15, 0.2) is 0 Å². The van der Waals surface area contributed by atoms with Crippen LogP contribution in [0.1, 0.15) is 33.6 Å². The third-order valence-electron chi connectivity index (χ3n) is 3.05. The van der Waals surface area contributed by atoms with Crippen molar-refractivity contribution in [3.63, 3.8) is 0 Å². The number of piperidine rings is 1. The van der Waals surface area contributed by atoms with Crippen molar-refractivity contribution in [2.24, 2.45) is 5.92 Å². The van der Waals surface area contributed by atoms with E-state index in [0.717, 1.165) is 32.5 Å². The van der Waals surface area contributed by atoms with Crippen molar-refractivity contribution in [1.29, 1.82) is 0 Å². The fourth-order valence-electron chi connectivity index (χ4n) is 1.91. The van der Waals surface area contributed by atoms with E-state index in [9.17, 15) is 4.79 Å². The van der Waals surface area contributed by atoms with Crippen LogP contribution < -0.4 is 0 Å². The van der Waals surface area contributed by atoms with Gasteiger partial charge >= 0.3 is 5.97 Å². The molecule has 1 aliphatic heterocycles. The molecule has 0 aromatic rings. The summed E-state index contributed by atoms with van der Waals surface area (Å²) in [7, 11) is 0. The summed E-state index contributed by atoms with van der Waals surface area (Å²) in [5.74, 6) is -0.169. The number of likely N-dealkylation sites (tertiary alicyclic amines) is 1. The normalized spacial score (nSPS) is 21.2. The third kappa shape index (κ3) is 4.10.